The van der Waals surface area contributed by atoms with Gasteiger partial charge in [0.15, 0.2) is 0 Å². The molecule has 0 fully saturated rings. The molecule has 0 heterocycles. The molecule has 328 valence electrons. The smallest absolute Gasteiger partial charge is 1.00 e. The molecule has 0 aromatic rings. The summed E-state index contributed by atoms with van der Waals surface area (Å²) >= 11 is 0. The molecule has 0 aromatic heterocycles. The molecule has 0 rings (SSSR count). The Labute approximate surface area is 385 Å². The van der Waals surface area contributed by atoms with Gasteiger partial charge in [0.1, 0.15) is 0 Å². The quantitative estimate of drug-likeness (QED) is 0.0308. The Morgan fingerprint density at radius 3 is 0.741 bits per heavy atom. The summed E-state index contributed by atoms with van der Waals surface area (Å²) in [5.41, 5.74) is 0. The SMILES string of the molecule is CCCCCCCCCCCCCCCC[N+](C)(C)C.CCCCCCCCCCCCCC[N+](C)(C)C.CCCCCCCCOS(=O)(=O)[O-].[Br-].[Br-].[Na+]. The van der Waals surface area contributed by atoms with E-state index in [0.717, 1.165) is 21.8 Å². The first-order valence-electron chi connectivity index (χ1n) is 22.4. The molecular formula is C44H97Br2N2NaO4S. The van der Waals surface area contributed by atoms with Gasteiger partial charge < -0.3 is 47.5 Å². The van der Waals surface area contributed by atoms with Gasteiger partial charge in [-0.15, -0.1) is 0 Å². The average molecular weight is 933 g/mol. The molecule has 0 bridgehead atoms. The van der Waals surface area contributed by atoms with E-state index in [1.807, 2.05) is 0 Å². The molecule has 0 aliphatic heterocycles. The number of nitrogens with zero attached hydrogens (tertiary/aromatic N) is 2. The van der Waals surface area contributed by atoms with Gasteiger partial charge in [0.25, 0.3) is 0 Å². The van der Waals surface area contributed by atoms with Crippen LogP contribution in [-0.2, 0) is 14.6 Å². The summed E-state index contributed by atoms with van der Waals surface area (Å²) < 4.78 is 36.3. The van der Waals surface area contributed by atoms with E-state index in [1.165, 1.54) is 199 Å². The predicted molar refractivity (Wildman–Crippen MR) is 226 cm³/mol. The Balaban J connectivity index is -0.000000159. The number of hydrogen-bond donors (Lipinski definition) is 0. The van der Waals surface area contributed by atoms with Crippen LogP contribution in [0.4, 0.5) is 0 Å². The van der Waals surface area contributed by atoms with E-state index in [4.69, 9.17) is 0 Å². The van der Waals surface area contributed by atoms with Gasteiger partial charge in [0.05, 0.1) is 62.0 Å². The normalized spacial score (nSPS) is 11.3. The third-order valence-electron chi connectivity index (χ3n) is 9.59. The second kappa shape index (κ2) is 50.9. The van der Waals surface area contributed by atoms with Crippen LogP contribution in [0.1, 0.15) is 226 Å². The molecule has 0 saturated carbocycles. The van der Waals surface area contributed by atoms with E-state index < -0.39 is 10.4 Å². The zero-order valence-electron chi connectivity index (χ0n) is 38.4. The van der Waals surface area contributed by atoms with Crippen molar-refractivity contribution in [3.63, 3.8) is 0 Å². The van der Waals surface area contributed by atoms with Crippen molar-refractivity contribution < 1.29 is 89.6 Å². The largest absolute Gasteiger partial charge is 1.00 e. The van der Waals surface area contributed by atoms with Crippen molar-refractivity contribution in [3.05, 3.63) is 0 Å². The Kier molecular flexibility index (Phi) is 63.6. The van der Waals surface area contributed by atoms with Gasteiger partial charge in [-0.2, -0.15) is 0 Å². The number of quaternary nitrogens is 2. The number of unbranched alkanes of at least 4 members (excludes halogenated alkanes) is 29. The van der Waals surface area contributed by atoms with Crippen LogP contribution in [0, 0.1) is 0 Å². The van der Waals surface area contributed by atoms with Crippen molar-refractivity contribution in [1.29, 1.82) is 0 Å². The first-order chi connectivity index (χ1) is 24.2. The zero-order valence-corrected chi connectivity index (χ0v) is 44.4. The fourth-order valence-electron chi connectivity index (χ4n) is 6.25. The molecule has 54 heavy (non-hydrogen) atoms. The maximum absolute atomic E-state index is 9.99. The van der Waals surface area contributed by atoms with Gasteiger partial charge in [-0.05, 0) is 32.1 Å². The van der Waals surface area contributed by atoms with Crippen LogP contribution in [0.15, 0.2) is 0 Å². The Hall–Kier alpha value is 1.75. The molecule has 6 nitrogen and oxygen atoms in total. The van der Waals surface area contributed by atoms with Crippen LogP contribution in [-0.4, -0.2) is 83.9 Å². The van der Waals surface area contributed by atoms with Crippen LogP contribution < -0.4 is 63.5 Å². The number of hydrogen-bond acceptors (Lipinski definition) is 4. The second-order valence-electron chi connectivity index (χ2n) is 17.5. The molecular weight excluding hydrogens is 835 g/mol. The van der Waals surface area contributed by atoms with Gasteiger partial charge in [0.2, 0.25) is 10.4 Å². The summed E-state index contributed by atoms with van der Waals surface area (Å²) in [6, 6.07) is 0. The zero-order chi connectivity index (χ0) is 39.0. The molecule has 0 unspecified atom stereocenters. The Morgan fingerprint density at radius 1 is 0.370 bits per heavy atom. The molecule has 0 aliphatic carbocycles. The van der Waals surface area contributed by atoms with Crippen molar-refractivity contribution >= 4 is 10.4 Å². The molecule has 0 spiro atoms. The molecule has 0 N–H and O–H groups in total. The van der Waals surface area contributed by atoms with Crippen LogP contribution in [0.5, 0.6) is 0 Å². The summed E-state index contributed by atoms with van der Waals surface area (Å²) in [5.74, 6) is 0. The van der Waals surface area contributed by atoms with E-state index >= 15 is 0 Å². The molecule has 0 amide bonds. The van der Waals surface area contributed by atoms with E-state index in [9.17, 15) is 13.0 Å². The minimum atomic E-state index is -4.47. The molecule has 0 aromatic carbocycles. The van der Waals surface area contributed by atoms with Crippen molar-refractivity contribution in [2.75, 3.05) is 62.0 Å². The van der Waals surface area contributed by atoms with Gasteiger partial charge in [-0.25, -0.2) is 8.42 Å². The fraction of sp³-hybridized carbons (Fsp3) is 1.00. The van der Waals surface area contributed by atoms with Crippen molar-refractivity contribution in [2.24, 2.45) is 0 Å². The van der Waals surface area contributed by atoms with E-state index in [1.54, 1.807) is 0 Å². The van der Waals surface area contributed by atoms with Crippen molar-refractivity contribution in [1.82, 2.24) is 0 Å². The minimum Gasteiger partial charge on any atom is -1.00 e. The first-order valence-corrected chi connectivity index (χ1v) is 23.7. The van der Waals surface area contributed by atoms with Crippen molar-refractivity contribution in [2.45, 2.75) is 226 Å². The third kappa shape index (κ3) is 78.1. The third-order valence-corrected chi connectivity index (χ3v) is 10.0. The van der Waals surface area contributed by atoms with E-state index in [0.29, 0.717) is 6.42 Å². The monoisotopic (exact) mass is 931 g/mol. The van der Waals surface area contributed by atoms with Gasteiger partial charge in [-0.3, -0.25) is 4.18 Å². The molecule has 0 aliphatic rings. The topological polar surface area (TPSA) is 66.4 Å². The van der Waals surface area contributed by atoms with Gasteiger partial charge in [0, 0.05) is 0 Å². The minimum absolute atomic E-state index is 0. The standard InChI is InChI=1S/C19H42N.C17H38N.C8H18O4S.2BrH.Na/c1-5-6-7-8-9-10-11-12-13-14-15-16-17-18-19-20(2,3)4;1-5-6-7-8-9-10-11-12-13-14-15-16-17-18(2,3)4;1-2-3-4-5-6-7-8-12-13(9,10)11;;;/h5-19H2,1-4H3;5-17H2,1-4H3;2-8H2,1H3,(H,9,10,11);2*1H;/q2*+1;;;;+1/p-3. The number of rotatable bonds is 36. The summed E-state index contributed by atoms with van der Waals surface area (Å²) in [6.07, 6.45) is 44.0. The average Bonchev–Trinajstić information content (AvgIpc) is 3.04. The maximum atomic E-state index is 9.99. The number of halogens is 2. The summed E-state index contributed by atoms with van der Waals surface area (Å²) in [4.78, 5) is 0. The van der Waals surface area contributed by atoms with Gasteiger partial charge in [-0.1, -0.05) is 194 Å². The van der Waals surface area contributed by atoms with Crippen LogP contribution >= 0.6 is 0 Å². The summed E-state index contributed by atoms with van der Waals surface area (Å²) in [7, 11) is 9.28. The molecule has 0 radical (unpaired) electrons. The van der Waals surface area contributed by atoms with Crippen LogP contribution in [0.25, 0.3) is 0 Å². The van der Waals surface area contributed by atoms with E-state index in [-0.39, 0.29) is 70.1 Å². The summed E-state index contributed by atoms with van der Waals surface area (Å²) in [6.45, 7) is 9.40. The van der Waals surface area contributed by atoms with Crippen LogP contribution in [0.2, 0.25) is 0 Å². The fourth-order valence-corrected chi connectivity index (χ4v) is 6.57. The van der Waals surface area contributed by atoms with Crippen molar-refractivity contribution in [3.8, 4) is 0 Å². The molecule has 0 saturated heterocycles. The molecule has 0 atom stereocenters. The molecule has 10 heteroatoms. The Morgan fingerprint density at radius 2 is 0.556 bits per heavy atom. The van der Waals surface area contributed by atoms with Gasteiger partial charge >= 0.3 is 29.6 Å². The maximum Gasteiger partial charge on any atom is 1.00 e. The first kappa shape index (κ1) is 67.5. The van der Waals surface area contributed by atoms with E-state index in [2.05, 4.69) is 67.2 Å². The predicted octanol–water partition coefficient (Wildman–Crippen LogP) is 4.40. The Bertz CT molecular complexity index is 767. The van der Waals surface area contributed by atoms with Crippen LogP contribution in [0.3, 0.4) is 0 Å². The second-order valence-corrected chi connectivity index (χ2v) is 18.6. The summed E-state index contributed by atoms with van der Waals surface area (Å²) in [5, 5.41) is 0.